The smallest absolute Gasteiger partial charge is 0.416 e. The number of benzene rings is 1. The van der Waals surface area contributed by atoms with Gasteiger partial charge in [0.1, 0.15) is 5.75 Å². The van der Waals surface area contributed by atoms with E-state index < -0.39 is 11.7 Å². The van der Waals surface area contributed by atoms with E-state index in [-0.39, 0.29) is 30.0 Å². The molecule has 1 aliphatic rings. The Labute approximate surface area is 120 Å². The summed E-state index contributed by atoms with van der Waals surface area (Å²) in [5.41, 5.74) is 4.56. The summed E-state index contributed by atoms with van der Waals surface area (Å²) < 4.78 is 42.8. The third-order valence-electron chi connectivity index (χ3n) is 3.34. The highest BCUT2D eigenvalue weighted by molar-refractivity contribution is 5.78. The molecule has 1 fully saturated rings. The number of rotatable bonds is 5. The average molecular weight is 302 g/mol. The van der Waals surface area contributed by atoms with Crippen LogP contribution in [0, 0.1) is 0 Å². The zero-order chi connectivity index (χ0) is 15.6. The number of likely N-dealkylation sites (N-methyl/N-ethyl adjacent to an activating group) is 1. The Balaban J connectivity index is 1.98. The normalized spacial score (nSPS) is 14.9. The van der Waals surface area contributed by atoms with E-state index in [1.54, 1.807) is 4.90 Å². The fourth-order valence-electron chi connectivity index (χ4n) is 2.10. The van der Waals surface area contributed by atoms with E-state index in [4.69, 9.17) is 10.5 Å². The van der Waals surface area contributed by atoms with Gasteiger partial charge in [-0.15, -0.1) is 0 Å². The Bertz CT molecular complexity index is 527. The number of ether oxygens (including phenoxy) is 1. The molecule has 2 N–H and O–H groups in total. The molecule has 7 heteroatoms. The summed E-state index contributed by atoms with van der Waals surface area (Å²) in [6.07, 6.45) is -2.47. The van der Waals surface area contributed by atoms with E-state index in [0.717, 1.165) is 31.0 Å². The predicted octanol–water partition coefficient (Wildman–Crippen LogP) is 2.68. The first-order chi connectivity index (χ1) is 9.82. The molecule has 1 saturated carbocycles. The van der Waals surface area contributed by atoms with E-state index in [1.165, 1.54) is 0 Å². The second-order valence-electron chi connectivity index (χ2n) is 4.95. The van der Waals surface area contributed by atoms with Crippen molar-refractivity contribution in [3.05, 3.63) is 23.8 Å². The van der Waals surface area contributed by atoms with Gasteiger partial charge in [0, 0.05) is 12.6 Å². The van der Waals surface area contributed by atoms with Gasteiger partial charge in [0.15, 0.2) is 6.61 Å². The van der Waals surface area contributed by atoms with Gasteiger partial charge in [-0.2, -0.15) is 13.2 Å². The van der Waals surface area contributed by atoms with Crippen LogP contribution in [-0.2, 0) is 11.0 Å². The van der Waals surface area contributed by atoms with Crippen LogP contribution < -0.4 is 10.5 Å². The minimum Gasteiger partial charge on any atom is -0.482 e. The van der Waals surface area contributed by atoms with Gasteiger partial charge < -0.3 is 15.4 Å². The monoisotopic (exact) mass is 302 g/mol. The highest BCUT2D eigenvalue weighted by Gasteiger charge is 2.32. The number of nitrogen functional groups attached to an aromatic ring is 1. The van der Waals surface area contributed by atoms with Crippen LogP contribution in [0.2, 0.25) is 0 Å². The molecule has 4 nitrogen and oxygen atoms in total. The minimum absolute atomic E-state index is 0.0863. The molecule has 0 saturated heterocycles. The van der Waals surface area contributed by atoms with Crippen LogP contribution in [0.4, 0.5) is 18.9 Å². The molecule has 1 aromatic carbocycles. The van der Waals surface area contributed by atoms with Gasteiger partial charge in [0.25, 0.3) is 5.91 Å². The summed E-state index contributed by atoms with van der Waals surface area (Å²) in [5, 5.41) is 0. The lowest BCUT2D eigenvalue weighted by Crippen LogP contribution is -2.36. The van der Waals surface area contributed by atoms with Crippen LogP contribution in [-0.4, -0.2) is 30.0 Å². The lowest BCUT2D eigenvalue weighted by atomic mass is 10.2. The van der Waals surface area contributed by atoms with Crippen molar-refractivity contribution in [1.82, 2.24) is 4.90 Å². The Kier molecular flexibility index (Phi) is 4.29. The summed E-state index contributed by atoms with van der Waals surface area (Å²) in [6, 6.07) is 3.10. The van der Waals surface area contributed by atoms with Gasteiger partial charge in [-0.1, -0.05) is 0 Å². The summed E-state index contributed by atoms with van der Waals surface area (Å²) in [5.74, 6) is -0.0949. The van der Waals surface area contributed by atoms with E-state index in [1.807, 2.05) is 6.92 Å². The fourth-order valence-corrected chi connectivity index (χ4v) is 2.10. The molecule has 1 aromatic rings. The van der Waals surface area contributed by atoms with Gasteiger partial charge in [0.05, 0.1) is 11.3 Å². The van der Waals surface area contributed by atoms with Crippen molar-refractivity contribution in [2.75, 3.05) is 18.9 Å². The molecule has 0 aliphatic heterocycles. The highest BCUT2D eigenvalue weighted by atomic mass is 19.4. The minimum atomic E-state index is -4.45. The molecule has 0 bridgehead atoms. The number of carbonyl (C=O) groups is 1. The number of alkyl halides is 3. The molecule has 21 heavy (non-hydrogen) atoms. The Hall–Kier alpha value is -1.92. The zero-order valence-electron chi connectivity index (χ0n) is 11.6. The molecule has 0 unspecified atom stereocenters. The number of nitrogens with two attached hydrogens (primary N) is 1. The molecule has 0 atom stereocenters. The van der Waals surface area contributed by atoms with Crippen molar-refractivity contribution in [3.63, 3.8) is 0 Å². The molecule has 2 rings (SSSR count). The Morgan fingerprint density at radius 3 is 2.57 bits per heavy atom. The summed E-state index contributed by atoms with van der Waals surface area (Å²) >= 11 is 0. The molecular formula is C14H17F3N2O2. The number of hydrogen-bond donors (Lipinski definition) is 1. The maximum Gasteiger partial charge on any atom is 0.416 e. The van der Waals surface area contributed by atoms with E-state index in [0.29, 0.717) is 6.54 Å². The maximum atomic E-state index is 12.5. The van der Waals surface area contributed by atoms with Crippen LogP contribution in [0.25, 0.3) is 0 Å². The lowest BCUT2D eigenvalue weighted by Gasteiger charge is -2.20. The highest BCUT2D eigenvalue weighted by Crippen LogP contribution is 2.33. The molecule has 0 aromatic heterocycles. The van der Waals surface area contributed by atoms with Crippen LogP contribution >= 0.6 is 0 Å². The summed E-state index contributed by atoms with van der Waals surface area (Å²) in [4.78, 5) is 13.7. The van der Waals surface area contributed by atoms with Crippen LogP contribution in [0.15, 0.2) is 18.2 Å². The molecule has 1 aliphatic carbocycles. The van der Waals surface area contributed by atoms with Crippen LogP contribution in [0.3, 0.4) is 0 Å². The number of amides is 1. The molecule has 0 spiro atoms. The molecule has 1 amide bonds. The van der Waals surface area contributed by atoms with E-state index in [9.17, 15) is 18.0 Å². The number of hydrogen-bond acceptors (Lipinski definition) is 3. The third-order valence-corrected chi connectivity index (χ3v) is 3.34. The second-order valence-corrected chi connectivity index (χ2v) is 4.95. The first-order valence-corrected chi connectivity index (χ1v) is 6.72. The second kappa shape index (κ2) is 5.83. The summed E-state index contributed by atoms with van der Waals surface area (Å²) in [7, 11) is 0. The van der Waals surface area contributed by atoms with Crippen molar-refractivity contribution in [3.8, 4) is 5.75 Å². The van der Waals surface area contributed by atoms with Gasteiger partial charge in [0.2, 0.25) is 0 Å². The van der Waals surface area contributed by atoms with Crippen molar-refractivity contribution in [2.45, 2.75) is 32.0 Å². The maximum absolute atomic E-state index is 12.5. The van der Waals surface area contributed by atoms with Gasteiger partial charge in [-0.05, 0) is 38.0 Å². The van der Waals surface area contributed by atoms with Crippen molar-refractivity contribution in [1.29, 1.82) is 0 Å². The SMILES string of the molecule is CCN(C(=O)COc1ccc(C(F)(F)F)cc1N)C1CC1. The van der Waals surface area contributed by atoms with Gasteiger partial charge in [-0.25, -0.2) is 0 Å². The van der Waals surface area contributed by atoms with Gasteiger partial charge in [-0.3, -0.25) is 4.79 Å². The topological polar surface area (TPSA) is 55.6 Å². The number of carbonyl (C=O) groups excluding carboxylic acids is 1. The lowest BCUT2D eigenvalue weighted by molar-refractivity contribution is -0.137. The van der Waals surface area contributed by atoms with Crippen molar-refractivity contribution >= 4 is 11.6 Å². The van der Waals surface area contributed by atoms with E-state index >= 15 is 0 Å². The molecular weight excluding hydrogens is 285 g/mol. The Morgan fingerprint density at radius 2 is 2.10 bits per heavy atom. The molecule has 116 valence electrons. The summed E-state index contributed by atoms with van der Waals surface area (Å²) in [6.45, 7) is 2.25. The van der Waals surface area contributed by atoms with Gasteiger partial charge >= 0.3 is 6.18 Å². The standard InChI is InChI=1S/C14H17F3N2O2/c1-2-19(10-4-5-10)13(20)8-21-12-6-3-9(7-11(12)18)14(15,16)17/h3,6-7,10H,2,4-5,8,18H2,1H3. The third kappa shape index (κ3) is 3.80. The van der Waals surface area contributed by atoms with Crippen molar-refractivity contribution in [2.24, 2.45) is 0 Å². The van der Waals surface area contributed by atoms with Crippen LogP contribution in [0.5, 0.6) is 5.75 Å². The number of nitrogens with zero attached hydrogens (tertiary/aromatic N) is 1. The Morgan fingerprint density at radius 1 is 1.43 bits per heavy atom. The fraction of sp³-hybridized carbons (Fsp3) is 0.500. The predicted molar refractivity (Wildman–Crippen MR) is 71.8 cm³/mol. The number of anilines is 1. The van der Waals surface area contributed by atoms with Crippen molar-refractivity contribution < 1.29 is 22.7 Å². The zero-order valence-corrected chi connectivity index (χ0v) is 11.6. The van der Waals surface area contributed by atoms with E-state index in [2.05, 4.69) is 0 Å². The molecule has 0 heterocycles. The first-order valence-electron chi connectivity index (χ1n) is 6.72. The quantitative estimate of drug-likeness (QED) is 0.851. The first kappa shape index (κ1) is 15.5. The van der Waals surface area contributed by atoms with Crippen LogP contribution in [0.1, 0.15) is 25.3 Å². The molecule has 0 radical (unpaired) electrons. The number of halogens is 3. The largest absolute Gasteiger partial charge is 0.482 e. The average Bonchev–Trinajstić information content (AvgIpc) is 3.21.